The van der Waals surface area contributed by atoms with E-state index in [1.54, 1.807) is 0 Å². The molecular weight excluding hydrogens is 444 g/mol. The maximum atomic E-state index is 14.0. The Labute approximate surface area is 183 Å². The zero-order valence-corrected chi connectivity index (χ0v) is 18.6. The predicted molar refractivity (Wildman–Crippen MR) is 116 cm³/mol. The number of nitrogens with one attached hydrogen (secondary N) is 1. The van der Waals surface area contributed by atoms with Gasteiger partial charge in [-0.1, -0.05) is 17.4 Å². The third kappa shape index (κ3) is 4.32. The van der Waals surface area contributed by atoms with Gasteiger partial charge in [-0.3, -0.25) is 4.79 Å². The highest BCUT2D eigenvalue weighted by molar-refractivity contribution is 7.89. The van der Waals surface area contributed by atoms with E-state index in [9.17, 15) is 22.0 Å². The van der Waals surface area contributed by atoms with E-state index in [-0.39, 0.29) is 31.8 Å². The van der Waals surface area contributed by atoms with Gasteiger partial charge in [0.1, 0.15) is 16.5 Å². The molecule has 4 rings (SSSR count). The molecule has 31 heavy (non-hydrogen) atoms. The molecule has 1 aromatic heterocycles. The molecule has 164 valence electrons. The van der Waals surface area contributed by atoms with Gasteiger partial charge in [0.25, 0.3) is 0 Å². The molecule has 2 aromatic carbocycles. The summed E-state index contributed by atoms with van der Waals surface area (Å²) in [6, 6.07) is 6.40. The second-order valence-electron chi connectivity index (χ2n) is 7.69. The van der Waals surface area contributed by atoms with E-state index in [1.165, 1.54) is 11.3 Å². The number of hydrogen-bond donors (Lipinski definition) is 1. The molecule has 3 aromatic rings. The van der Waals surface area contributed by atoms with Gasteiger partial charge in [-0.15, -0.1) is 0 Å². The summed E-state index contributed by atoms with van der Waals surface area (Å²) in [6.07, 6.45) is 0.566. The lowest BCUT2D eigenvalue weighted by molar-refractivity contribution is -0.120. The SMILES string of the molecule is Cc1cc(C)c2nc(NC(=O)C3CCN(S(=O)(=O)c4cc(F)ccc4F)CC3)sc2c1. The van der Waals surface area contributed by atoms with Gasteiger partial charge >= 0.3 is 0 Å². The molecule has 2 heterocycles. The number of anilines is 1. The third-order valence-electron chi connectivity index (χ3n) is 5.40. The Balaban J connectivity index is 1.43. The fourth-order valence-corrected chi connectivity index (χ4v) is 6.39. The van der Waals surface area contributed by atoms with Crippen LogP contribution in [0.5, 0.6) is 0 Å². The minimum atomic E-state index is -4.17. The number of nitrogens with zero attached hydrogens (tertiary/aromatic N) is 2. The largest absolute Gasteiger partial charge is 0.302 e. The van der Waals surface area contributed by atoms with Crippen molar-refractivity contribution in [2.45, 2.75) is 31.6 Å². The highest BCUT2D eigenvalue weighted by Gasteiger charge is 2.34. The number of amides is 1. The molecule has 0 unspecified atom stereocenters. The van der Waals surface area contributed by atoms with Crippen LogP contribution in [0.3, 0.4) is 0 Å². The van der Waals surface area contributed by atoms with E-state index in [2.05, 4.69) is 10.3 Å². The van der Waals surface area contributed by atoms with E-state index < -0.39 is 32.5 Å². The van der Waals surface area contributed by atoms with E-state index in [0.717, 1.165) is 37.8 Å². The molecule has 6 nitrogen and oxygen atoms in total. The zero-order valence-electron chi connectivity index (χ0n) is 17.0. The van der Waals surface area contributed by atoms with Gasteiger partial charge in [-0.05, 0) is 62.1 Å². The predicted octanol–water partition coefficient (Wildman–Crippen LogP) is 4.23. The molecule has 0 atom stereocenters. The number of carbonyl (C=O) groups excluding carboxylic acids is 1. The lowest BCUT2D eigenvalue weighted by atomic mass is 9.97. The molecule has 10 heteroatoms. The second kappa shape index (κ2) is 8.25. The number of aromatic nitrogens is 1. The maximum Gasteiger partial charge on any atom is 0.246 e. The Bertz CT molecular complexity index is 1270. The monoisotopic (exact) mass is 465 g/mol. The molecule has 0 saturated carbocycles. The maximum absolute atomic E-state index is 14.0. The van der Waals surface area contributed by atoms with Gasteiger partial charge in [0.2, 0.25) is 15.9 Å². The summed E-state index contributed by atoms with van der Waals surface area (Å²) in [5.74, 6) is -2.43. The Morgan fingerprint density at radius 2 is 1.87 bits per heavy atom. The highest BCUT2D eigenvalue weighted by Crippen LogP contribution is 2.31. The van der Waals surface area contributed by atoms with Crippen molar-refractivity contribution in [3.8, 4) is 0 Å². The summed E-state index contributed by atoms with van der Waals surface area (Å²) in [5, 5.41) is 3.35. The molecule has 1 aliphatic heterocycles. The average molecular weight is 466 g/mol. The van der Waals surface area contributed by atoms with Crippen molar-refractivity contribution in [1.82, 2.24) is 9.29 Å². The number of aryl methyl sites for hydroxylation is 2. The Morgan fingerprint density at radius 1 is 1.16 bits per heavy atom. The minimum Gasteiger partial charge on any atom is -0.302 e. The molecule has 1 N–H and O–H groups in total. The Kier molecular flexibility index (Phi) is 5.80. The first-order valence-corrected chi connectivity index (χ1v) is 12.0. The van der Waals surface area contributed by atoms with Crippen LogP contribution in [0.25, 0.3) is 10.2 Å². The van der Waals surface area contributed by atoms with Crippen molar-refractivity contribution in [3.63, 3.8) is 0 Å². The zero-order chi connectivity index (χ0) is 22.3. The lowest BCUT2D eigenvalue weighted by Crippen LogP contribution is -2.41. The Morgan fingerprint density at radius 3 is 2.58 bits per heavy atom. The van der Waals surface area contributed by atoms with Crippen LogP contribution in [-0.4, -0.2) is 36.7 Å². The van der Waals surface area contributed by atoms with Crippen molar-refractivity contribution < 1.29 is 22.0 Å². The van der Waals surface area contributed by atoms with Gasteiger partial charge in [-0.2, -0.15) is 4.31 Å². The number of piperidine rings is 1. The molecule has 1 amide bonds. The van der Waals surface area contributed by atoms with Crippen LogP contribution in [0.1, 0.15) is 24.0 Å². The standard InChI is InChI=1S/C21H21F2N3O3S2/c1-12-9-13(2)19-17(10-12)30-21(24-19)25-20(27)14-5-7-26(8-6-14)31(28,29)18-11-15(22)3-4-16(18)23/h3-4,9-11,14H,5-8H2,1-2H3,(H,24,25,27). The smallest absolute Gasteiger partial charge is 0.246 e. The minimum absolute atomic E-state index is 0.0501. The van der Waals surface area contributed by atoms with Crippen LogP contribution in [0.15, 0.2) is 35.2 Å². The van der Waals surface area contributed by atoms with Crippen molar-refractivity contribution >= 4 is 42.6 Å². The molecule has 0 spiro atoms. The normalized spacial score (nSPS) is 16.0. The van der Waals surface area contributed by atoms with Gasteiger partial charge < -0.3 is 5.32 Å². The van der Waals surface area contributed by atoms with Crippen molar-refractivity contribution in [2.75, 3.05) is 18.4 Å². The molecule has 1 saturated heterocycles. The first kappa shape index (κ1) is 21.8. The summed E-state index contributed by atoms with van der Waals surface area (Å²) in [6.45, 7) is 4.07. The van der Waals surface area contributed by atoms with Crippen LogP contribution >= 0.6 is 11.3 Å². The van der Waals surface area contributed by atoms with E-state index in [4.69, 9.17) is 0 Å². The van der Waals surface area contributed by atoms with E-state index >= 15 is 0 Å². The molecule has 1 aliphatic rings. The van der Waals surface area contributed by atoms with Crippen LogP contribution in [0, 0.1) is 31.4 Å². The van der Waals surface area contributed by atoms with Crippen LogP contribution < -0.4 is 5.32 Å². The number of rotatable bonds is 4. The summed E-state index contributed by atoms with van der Waals surface area (Å²) in [7, 11) is -4.17. The number of carbonyl (C=O) groups is 1. The summed E-state index contributed by atoms with van der Waals surface area (Å²) >= 11 is 1.40. The second-order valence-corrected chi connectivity index (χ2v) is 10.6. The van der Waals surface area contributed by atoms with Crippen LogP contribution in [0.2, 0.25) is 0 Å². The number of thiazole rings is 1. The number of benzene rings is 2. The number of fused-ring (bicyclic) bond motifs is 1. The highest BCUT2D eigenvalue weighted by atomic mass is 32.2. The fourth-order valence-electron chi connectivity index (χ4n) is 3.80. The van der Waals surface area contributed by atoms with Crippen molar-refractivity contribution in [3.05, 3.63) is 53.1 Å². The van der Waals surface area contributed by atoms with Gasteiger partial charge in [-0.25, -0.2) is 22.2 Å². The van der Waals surface area contributed by atoms with Gasteiger partial charge in [0.15, 0.2) is 5.13 Å². The van der Waals surface area contributed by atoms with E-state index in [1.807, 2.05) is 26.0 Å². The van der Waals surface area contributed by atoms with E-state index in [0.29, 0.717) is 11.2 Å². The number of sulfonamides is 1. The molecule has 0 radical (unpaired) electrons. The quantitative estimate of drug-likeness (QED) is 0.625. The summed E-state index contributed by atoms with van der Waals surface area (Å²) in [4.78, 5) is 16.5. The molecular formula is C21H21F2N3O3S2. The summed E-state index contributed by atoms with van der Waals surface area (Å²) < 4.78 is 54.9. The fraction of sp³-hybridized carbons (Fsp3) is 0.333. The van der Waals surface area contributed by atoms with Crippen molar-refractivity contribution in [1.29, 1.82) is 0 Å². The van der Waals surface area contributed by atoms with Gasteiger partial charge in [0.05, 0.1) is 10.2 Å². The van der Waals surface area contributed by atoms with Crippen molar-refractivity contribution in [2.24, 2.45) is 5.92 Å². The lowest BCUT2D eigenvalue weighted by Gasteiger charge is -2.30. The first-order chi connectivity index (χ1) is 14.6. The third-order valence-corrected chi connectivity index (χ3v) is 8.23. The van der Waals surface area contributed by atoms with Gasteiger partial charge in [0, 0.05) is 19.0 Å². The number of halogens is 2. The average Bonchev–Trinajstić information content (AvgIpc) is 3.12. The number of hydrogen-bond acceptors (Lipinski definition) is 5. The molecule has 0 aliphatic carbocycles. The molecule has 0 bridgehead atoms. The molecule has 1 fully saturated rings. The summed E-state index contributed by atoms with van der Waals surface area (Å²) in [5.41, 5.74) is 3.01. The first-order valence-electron chi connectivity index (χ1n) is 9.79. The topological polar surface area (TPSA) is 79.4 Å². The Hall–Kier alpha value is -2.43. The van der Waals surface area contributed by atoms with Crippen LogP contribution in [0.4, 0.5) is 13.9 Å². The van der Waals surface area contributed by atoms with Crippen LogP contribution in [-0.2, 0) is 14.8 Å².